The van der Waals surface area contributed by atoms with Gasteiger partial charge in [-0.05, 0) is 37.8 Å². The number of nitro groups is 1. The molecule has 0 radical (unpaired) electrons. The Morgan fingerprint density at radius 2 is 2.00 bits per heavy atom. The maximum Gasteiger partial charge on any atom is 0.272 e. The highest BCUT2D eigenvalue weighted by Gasteiger charge is 2.16. The zero-order valence-corrected chi connectivity index (χ0v) is 12.6. The smallest absolute Gasteiger partial charge is 0.272 e. The third-order valence-electron chi connectivity index (χ3n) is 3.40. The first-order valence-electron chi connectivity index (χ1n) is 6.53. The molecule has 106 valence electrons. The van der Waals surface area contributed by atoms with Crippen LogP contribution in [0, 0.1) is 17.0 Å². The highest BCUT2D eigenvalue weighted by Crippen LogP contribution is 2.26. The summed E-state index contributed by atoms with van der Waals surface area (Å²) in [5.74, 6) is 0. The van der Waals surface area contributed by atoms with Crippen molar-refractivity contribution in [3.63, 3.8) is 0 Å². The molecule has 0 amide bonds. The van der Waals surface area contributed by atoms with Gasteiger partial charge in [0.05, 0.1) is 4.92 Å². The minimum absolute atomic E-state index is 0.0615. The standard InChI is InChI=1S/C15H18N2O2S/c1-10-6-7-13(9-14(10)17(18)19)11(2)16-12(3)15-5-4-8-20-15/h4-9,11-12,16H,1-3H3. The van der Waals surface area contributed by atoms with E-state index in [1.165, 1.54) is 4.88 Å². The molecule has 1 aromatic heterocycles. The van der Waals surface area contributed by atoms with Crippen LogP contribution >= 0.6 is 11.3 Å². The van der Waals surface area contributed by atoms with Crippen LogP contribution in [0.4, 0.5) is 5.69 Å². The minimum Gasteiger partial charge on any atom is -0.303 e. The molecule has 1 heterocycles. The SMILES string of the molecule is Cc1ccc(C(C)NC(C)c2cccs2)cc1[N+](=O)[O-]. The fourth-order valence-electron chi connectivity index (χ4n) is 2.18. The van der Waals surface area contributed by atoms with Crippen molar-refractivity contribution in [1.82, 2.24) is 5.32 Å². The van der Waals surface area contributed by atoms with Gasteiger partial charge in [-0.3, -0.25) is 10.1 Å². The third-order valence-corrected chi connectivity index (χ3v) is 4.45. The maximum absolute atomic E-state index is 11.0. The molecule has 5 heteroatoms. The number of hydrogen-bond donors (Lipinski definition) is 1. The highest BCUT2D eigenvalue weighted by molar-refractivity contribution is 7.10. The number of rotatable bonds is 5. The van der Waals surface area contributed by atoms with Crippen LogP contribution in [-0.4, -0.2) is 4.92 Å². The summed E-state index contributed by atoms with van der Waals surface area (Å²) < 4.78 is 0. The first-order chi connectivity index (χ1) is 9.49. The van der Waals surface area contributed by atoms with Gasteiger partial charge < -0.3 is 5.32 Å². The number of nitro benzene ring substituents is 1. The molecular weight excluding hydrogens is 272 g/mol. The Morgan fingerprint density at radius 1 is 1.25 bits per heavy atom. The number of thiophene rings is 1. The summed E-state index contributed by atoms with van der Waals surface area (Å²) in [6, 6.07) is 9.82. The van der Waals surface area contributed by atoms with Crippen molar-refractivity contribution >= 4 is 17.0 Å². The number of aryl methyl sites for hydroxylation is 1. The summed E-state index contributed by atoms with van der Waals surface area (Å²) in [5, 5.41) is 16.5. The molecule has 0 aliphatic heterocycles. The highest BCUT2D eigenvalue weighted by atomic mass is 32.1. The largest absolute Gasteiger partial charge is 0.303 e. The van der Waals surface area contributed by atoms with E-state index >= 15 is 0 Å². The minimum atomic E-state index is -0.325. The summed E-state index contributed by atoms with van der Waals surface area (Å²) in [4.78, 5) is 11.9. The molecule has 0 aliphatic carbocycles. The van der Waals surface area contributed by atoms with Crippen molar-refractivity contribution in [2.24, 2.45) is 0 Å². The molecule has 1 aromatic carbocycles. The molecule has 0 bridgehead atoms. The third kappa shape index (κ3) is 3.23. The van der Waals surface area contributed by atoms with Crippen molar-refractivity contribution < 1.29 is 4.92 Å². The zero-order valence-electron chi connectivity index (χ0n) is 11.8. The predicted octanol–water partition coefficient (Wildman–Crippen LogP) is 4.38. The second kappa shape index (κ2) is 6.15. The van der Waals surface area contributed by atoms with Gasteiger partial charge in [0.25, 0.3) is 5.69 Å². The molecule has 4 nitrogen and oxygen atoms in total. The summed E-state index contributed by atoms with van der Waals surface area (Å²) >= 11 is 1.71. The maximum atomic E-state index is 11.0. The van der Waals surface area contributed by atoms with Crippen LogP contribution in [0.3, 0.4) is 0 Å². The Morgan fingerprint density at radius 3 is 2.60 bits per heavy atom. The zero-order chi connectivity index (χ0) is 14.7. The van der Waals surface area contributed by atoms with Gasteiger partial charge in [0, 0.05) is 28.6 Å². The molecule has 0 fully saturated rings. The van der Waals surface area contributed by atoms with Crippen molar-refractivity contribution in [2.75, 3.05) is 0 Å². The lowest BCUT2D eigenvalue weighted by Gasteiger charge is -2.19. The van der Waals surface area contributed by atoms with Crippen LogP contribution in [0.5, 0.6) is 0 Å². The fraction of sp³-hybridized carbons (Fsp3) is 0.333. The molecule has 1 N–H and O–H groups in total. The Hall–Kier alpha value is -1.72. The number of nitrogens with zero attached hydrogens (tertiary/aromatic N) is 1. The molecular formula is C15H18N2O2S. The lowest BCUT2D eigenvalue weighted by Crippen LogP contribution is -2.21. The Labute approximate surface area is 122 Å². The van der Waals surface area contributed by atoms with Crippen LogP contribution in [0.2, 0.25) is 0 Å². The van der Waals surface area contributed by atoms with Gasteiger partial charge in [-0.15, -0.1) is 11.3 Å². The first-order valence-corrected chi connectivity index (χ1v) is 7.41. The summed E-state index contributed by atoms with van der Waals surface area (Å²) in [7, 11) is 0. The average Bonchev–Trinajstić information content (AvgIpc) is 2.92. The lowest BCUT2D eigenvalue weighted by molar-refractivity contribution is -0.385. The molecule has 0 aliphatic rings. The van der Waals surface area contributed by atoms with E-state index in [0.717, 1.165) is 5.56 Å². The van der Waals surface area contributed by atoms with E-state index < -0.39 is 0 Å². The van der Waals surface area contributed by atoms with Gasteiger partial charge in [0.1, 0.15) is 0 Å². The van der Waals surface area contributed by atoms with E-state index in [1.807, 2.05) is 19.1 Å². The van der Waals surface area contributed by atoms with Gasteiger partial charge in [-0.2, -0.15) is 0 Å². The van der Waals surface area contributed by atoms with Crippen LogP contribution < -0.4 is 5.32 Å². The Balaban J connectivity index is 2.15. The van der Waals surface area contributed by atoms with Gasteiger partial charge in [-0.25, -0.2) is 0 Å². The predicted molar refractivity (Wildman–Crippen MR) is 82.1 cm³/mol. The molecule has 2 rings (SSSR count). The van der Waals surface area contributed by atoms with E-state index in [4.69, 9.17) is 0 Å². The Bertz CT molecular complexity index is 596. The lowest BCUT2D eigenvalue weighted by atomic mass is 10.0. The van der Waals surface area contributed by atoms with E-state index in [2.05, 4.69) is 23.7 Å². The van der Waals surface area contributed by atoms with Crippen LogP contribution in [0.25, 0.3) is 0 Å². The first kappa shape index (κ1) is 14.7. The summed E-state index contributed by atoms with van der Waals surface area (Å²) in [6.07, 6.45) is 0. The number of benzene rings is 1. The van der Waals surface area contributed by atoms with Crippen molar-refractivity contribution in [1.29, 1.82) is 0 Å². The molecule has 2 aromatic rings. The molecule has 0 saturated carbocycles. The van der Waals surface area contributed by atoms with Gasteiger partial charge in [-0.1, -0.05) is 18.2 Å². The van der Waals surface area contributed by atoms with E-state index in [0.29, 0.717) is 5.56 Å². The van der Waals surface area contributed by atoms with Gasteiger partial charge in [0.2, 0.25) is 0 Å². The quantitative estimate of drug-likeness (QED) is 0.657. The monoisotopic (exact) mass is 290 g/mol. The molecule has 0 saturated heterocycles. The Kier molecular flexibility index (Phi) is 4.52. The van der Waals surface area contributed by atoms with Crippen LogP contribution in [-0.2, 0) is 0 Å². The molecule has 20 heavy (non-hydrogen) atoms. The van der Waals surface area contributed by atoms with Crippen LogP contribution in [0.15, 0.2) is 35.7 Å². The van der Waals surface area contributed by atoms with Crippen molar-refractivity contribution in [3.05, 3.63) is 61.8 Å². The van der Waals surface area contributed by atoms with E-state index in [1.54, 1.807) is 30.4 Å². The van der Waals surface area contributed by atoms with E-state index in [9.17, 15) is 10.1 Å². The second-order valence-electron chi connectivity index (χ2n) is 4.93. The number of nitrogens with one attached hydrogen (secondary N) is 1. The summed E-state index contributed by atoms with van der Waals surface area (Å²) in [6.45, 7) is 5.89. The summed E-state index contributed by atoms with van der Waals surface area (Å²) in [5.41, 5.74) is 1.81. The van der Waals surface area contributed by atoms with Crippen molar-refractivity contribution in [2.45, 2.75) is 32.9 Å². The van der Waals surface area contributed by atoms with Crippen molar-refractivity contribution in [3.8, 4) is 0 Å². The van der Waals surface area contributed by atoms with E-state index in [-0.39, 0.29) is 22.7 Å². The molecule has 2 unspecified atom stereocenters. The number of hydrogen-bond acceptors (Lipinski definition) is 4. The van der Waals surface area contributed by atoms with Gasteiger partial charge in [0.15, 0.2) is 0 Å². The average molecular weight is 290 g/mol. The normalized spacial score (nSPS) is 13.9. The van der Waals surface area contributed by atoms with Crippen LogP contribution in [0.1, 0.15) is 41.9 Å². The fourth-order valence-corrected chi connectivity index (χ4v) is 2.93. The van der Waals surface area contributed by atoms with Gasteiger partial charge >= 0.3 is 0 Å². The molecule has 0 spiro atoms. The topological polar surface area (TPSA) is 55.2 Å². The molecule has 2 atom stereocenters. The second-order valence-corrected chi connectivity index (χ2v) is 5.91.